The molecule has 4 rings (SSSR count). The van der Waals surface area contributed by atoms with Gasteiger partial charge in [-0.3, -0.25) is 0 Å². The third kappa shape index (κ3) is 4.02. The minimum atomic E-state index is -3.86. The molecule has 0 saturated carbocycles. The molecule has 0 aliphatic heterocycles. The van der Waals surface area contributed by atoms with Gasteiger partial charge >= 0.3 is 177 Å². The number of sulfone groups is 1. The second-order valence-corrected chi connectivity index (χ2v) is 21.6. The van der Waals surface area contributed by atoms with Crippen LogP contribution in [-0.4, -0.2) is 30.6 Å². The molecule has 0 aliphatic carbocycles. The van der Waals surface area contributed by atoms with Crippen LogP contribution in [0.4, 0.5) is 0 Å². The summed E-state index contributed by atoms with van der Waals surface area (Å²) < 4.78 is 30.9. The number of hydrogen-bond donors (Lipinski definition) is 0. The van der Waals surface area contributed by atoms with E-state index < -0.39 is 28.2 Å². The van der Waals surface area contributed by atoms with E-state index in [1.807, 2.05) is 60.7 Å². The summed E-state index contributed by atoms with van der Waals surface area (Å²) in [6.07, 6.45) is 0. The summed E-state index contributed by atoms with van der Waals surface area (Å²) >= 11 is -3.86. The zero-order valence-corrected chi connectivity index (χ0v) is 19.6. The van der Waals surface area contributed by atoms with Crippen LogP contribution >= 0.6 is 0 Å². The molecule has 4 aromatic carbocycles. The van der Waals surface area contributed by atoms with Crippen LogP contribution < -0.4 is 10.7 Å². The Balaban J connectivity index is 2.01. The molecule has 0 saturated heterocycles. The third-order valence-corrected chi connectivity index (χ3v) is 25.4. The fourth-order valence-electron chi connectivity index (χ4n) is 3.91. The van der Waals surface area contributed by atoms with Gasteiger partial charge in [0.25, 0.3) is 0 Å². The Bertz CT molecular complexity index is 1060. The molecule has 0 radical (unpaired) electrons. The molecule has 0 N–H and O–H groups in total. The second-order valence-electron chi connectivity index (χ2n) is 7.08. The molecular formula is C25H22O2SSn. The van der Waals surface area contributed by atoms with Crippen molar-refractivity contribution < 1.29 is 8.42 Å². The molecule has 0 aromatic heterocycles. The Kier molecular flexibility index (Phi) is 5.88. The molecule has 4 heteroatoms. The number of rotatable bonds is 6. The van der Waals surface area contributed by atoms with Crippen molar-refractivity contribution in [3.05, 3.63) is 121 Å². The molecule has 29 heavy (non-hydrogen) atoms. The first-order chi connectivity index (χ1) is 14.1. The van der Waals surface area contributed by atoms with E-state index in [-0.39, 0.29) is 3.77 Å². The molecule has 0 fully saturated rings. The predicted molar refractivity (Wildman–Crippen MR) is 122 cm³/mol. The zero-order valence-electron chi connectivity index (χ0n) is 16.0. The first-order valence-electron chi connectivity index (χ1n) is 9.57. The van der Waals surface area contributed by atoms with Gasteiger partial charge in [0.05, 0.1) is 0 Å². The van der Waals surface area contributed by atoms with Crippen molar-refractivity contribution in [3.63, 3.8) is 0 Å². The number of benzene rings is 4. The van der Waals surface area contributed by atoms with E-state index in [1.54, 1.807) is 24.3 Å². The maximum atomic E-state index is 13.6. The van der Waals surface area contributed by atoms with E-state index in [1.165, 1.54) is 10.7 Å². The van der Waals surface area contributed by atoms with Crippen molar-refractivity contribution in [2.24, 2.45) is 0 Å². The Hall–Kier alpha value is -2.37. The van der Waals surface area contributed by atoms with Crippen LogP contribution in [0.1, 0.15) is 0 Å². The van der Waals surface area contributed by atoms with Gasteiger partial charge in [-0.25, -0.2) is 0 Å². The van der Waals surface area contributed by atoms with Crippen LogP contribution in [0.3, 0.4) is 0 Å². The maximum absolute atomic E-state index is 13.6. The van der Waals surface area contributed by atoms with Gasteiger partial charge in [-0.15, -0.1) is 0 Å². The van der Waals surface area contributed by atoms with Crippen LogP contribution in [-0.2, 0) is 9.84 Å². The van der Waals surface area contributed by atoms with Crippen molar-refractivity contribution in [2.45, 2.75) is 4.90 Å². The fraction of sp³-hybridized carbons (Fsp3) is 0.0400. The Morgan fingerprint density at radius 1 is 0.483 bits per heavy atom. The van der Waals surface area contributed by atoms with Gasteiger partial charge in [-0.2, -0.15) is 0 Å². The van der Waals surface area contributed by atoms with Crippen LogP contribution in [0.2, 0.25) is 0 Å². The first-order valence-corrected chi connectivity index (χ1v) is 17.5. The van der Waals surface area contributed by atoms with Crippen LogP contribution in [0.15, 0.2) is 126 Å². The normalized spacial score (nSPS) is 11.9. The predicted octanol–water partition coefficient (Wildman–Crippen LogP) is 3.17. The monoisotopic (exact) mass is 506 g/mol. The van der Waals surface area contributed by atoms with Crippen LogP contribution in [0.5, 0.6) is 0 Å². The second kappa shape index (κ2) is 8.55. The molecule has 0 atom stereocenters. The molecule has 2 nitrogen and oxygen atoms in total. The van der Waals surface area contributed by atoms with Crippen LogP contribution in [0.25, 0.3) is 0 Å². The molecular weight excluding hydrogens is 483 g/mol. The van der Waals surface area contributed by atoms with Gasteiger partial charge in [-0.1, -0.05) is 0 Å². The summed E-state index contributed by atoms with van der Waals surface area (Å²) in [5.74, 6) is 0. The van der Waals surface area contributed by atoms with Gasteiger partial charge < -0.3 is 0 Å². The Morgan fingerprint density at radius 2 is 0.793 bits per heavy atom. The molecule has 0 aliphatic rings. The molecule has 0 spiro atoms. The van der Waals surface area contributed by atoms with E-state index in [0.717, 1.165) is 0 Å². The van der Waals surface area contributed by atoms with Crippen molar-refractivity contribution in [3.8, 4) is 0 Å². The van der Waals surface area contributed by atoms with E-state index in [4.69, 9.17) is 0 Å². The summed E-state index contributed by atoms with van der Waals surface area (Å²) in [6, 6.07) is 39.5. The van der Waals surface area contributed by atoms with E-state index in [2.05, 4.69) is 36.4 Å². The van der Waals surface area contributed by atoms with Crippen molar-refractivity contribution in [2.75, 3.05) is 3.77 Å². The average molecular weight is 505 g/mol. The zero-order chi connectivity index (χ0) is 20.2. The molecule has 144 valence electrons. The van der Waals surface area contributed by atoms with Gasteiger partial charge in [0.15, 0.2) is 0 Å². The quantitative estimate of drug-likeness (QED) is 0.378. The van der Waals surface area contributed by atoms with E-state index in [0.29, 0.717) is 4.90 Å². The Labute approximate surface area is 176 Å². The fourth-order valence-corrected chi connectivity index (χ4v) is 25.7. The van der Waals surface area contributed by atoms with Gasteiger partial charge in [0.1, 0.15) is 0 Å². The number of hydrogen-bond acceptors (Lipinski definition) is 2. The molecule has 0 heterocycles. The van der Waals surface area contributed by atoms with Crippen molar-refractivity contribution >= 4 is 39.0 Å². The molecule has 0 bridgehead atoms. The van der Waals surface area contributed by atoms with E-state index >= 15 is 0 Å². The van der Waals surface area contributed by atoms with Crippen LogP contribution in [0, 0.1) is 0 Å². The summed E-state index contributed by atoms with van der Waals surface area (Å²) in [4.78, 5) is 0.392. The van der Waals surface area contributed by atoms with E-state index in [9.17, 15) is 8.42 Å². The van der Waals surface area contributed by atoms with Crippen molar-refractivity contribution in [1.29, 1.82) is 0 Å². The minimum absolute atomic E-state index is 0.156. The summed E-state index contributed by atoms with van der Waals surface area (Å²) in [6.45, 7) is 0. The van der Waals surface area contributed by atoms with Gasteiger partial charge in [0, 0.05) is 0 Å². The summed E-state index contributed by atoms with van der Waals surface area (Å²) in [5.41, 5.74) is 0. The van der Waals surface area contributed by atoms with Gasteiger partial charge in [-0.05, 0) is 0 Å². The third-order valence-electron chi connectivity index (χ3n) is 5.31. The molecule has 0 amide bonds. The summed E-state index contributed by atoms with van der Waals surface area (Å²) in [5, 5.41) is 0. The first kappa shape index (κ1) is 19.9. The average Bonchev–Trinajstić information content (AvgIpc) is 2.80. The van der Waals surface area contributed by atoms with Crippen molar-refractivity contribution in [1.82, 2.24) is 0 Å². The standard InChI is InChI=1S/C7H7O2S.3C6H5.Sn/c1-10(8,9)7-5-3-2-4-6-7;3*1-2-4-6-5-3-1;/h2-6H,1H2;3*1-5H;. The van der Waals surface area contributed by atoms with Gasteiger partial charge in [0.2, 0.25) is 0 Å². The SMILES string of the molecule is O=S(=O)([CH2][Sn]([c]1ccccc1)([c]1ccccc1)[c]1ccccc1)c1ccccc1. The Morgan fingerprint density at radius 3 is 1.14 bits per heavy atom. The molecule has 4 aromatic rings. The topological polar surface area (TPSA) is 34.1 Å². The summed E-state index contributed by atoms with van der Waals surface area (Å²) in [7, 11) is -3.47. The molecule has 0 unspecified atom stereocenters.